The van der Waals surface area contributed by atoms with Crippen molar-refractivity contribution in [1.82, 2.24) is 9.97 Å². The summed E-state index contributed by atoms with van der Waals surface area (Å²) in [5, 5.41) is 9.90. The van der Waals surface area contributed by atoms with Gasteiger partial charge < -0.3 is 10.3 Å². The molecule has 0 spiro atoms. The number of anilines is 1. The Morgan fingerprint density at radius 1 is 1.33 bits per heavy atom. The fourth-order valence-corrected chi connectivity index (χ4v) is 2.73. The van der Waals surface area contributed by atoms with Gasteiger partial charge in [-0.3, -0.25) is 10.2 Å². The maximum atomic E-state index is 12.9. The van der Waals surface area contributed by atoms with E-state index in [0.29, 0.717) is 0 Å². The van der Waals surface area contributed by atoms with Crippen LogP contribution in [0.1, 0.15) is 35.5 Å². The lowest BCUT2D eigenvalue weighted by molar-refractivity contribution is -0.137. The van der Waals surface area contributed by atoms with E-state index in [1.54, 1.807) is 0 Å². The summed E-state index contributed by atoms with van der Waals surface area (Å²) < 4.78 is 64.0. The van der Waals surface area contributed by atoms with Crippen molar-refractivity contribution in [1.29, 1.82) is 5.41 Å². The zero-order valence-corrected chi connectivity index (χ0v) is 14.8. The Balaban J connectivity index is 2.43. The highest BCUT2D eigenvalue weighted by Crippen LogP contribution is 2.34. The third kappa shape index (κ3) is 4.62. The van der Waals surface area contributed by atoms with Gasteiger partial charge in [0.25, 0.3) is 12.0 Å². The Morgan fingerprint density at radius 3 is 2.48 bits per heavy atom. The van der Waals surface area contributed by atoms with E-state index in [-0.39, 0.29) is 22.2 Å². The molecular weight excluding hydrogens is 395 g/mol. The molecule has 146 valence electrons. The normalized spacial score (nSPS) is 12.9. The summed E-state index contributed by atoms with van der Waals surface area (Å²) in [7, 11) is 0. The maximum absolute atomic E-state index is 12.9. The quantitative estimate of drug-likeness (QED) is 0.501. The van der Waals surface area contributed by atoms with Gasteiger partial charge in [-0.2, -0.15) is 13.2 Å². The predicted molar refractivity (Wildman–Crippen MR) is 90.9 cm³/mol. The second-order valence-electron chi connectivity index (χ2n) is 5.69. The molecule has 27 heavy (non-hydrogen) atoms. The summed E-state index contributed by atoms with van der Waals surface area (Å²) in [4.78, 5) is 18.1. The van der Waals surface area contributed by atoms with Crippen LogP contribution in [-0.4, -0.2) is 22.1 Å². The molecule has 0 bridgehead atoms. The molecule has 1 heterocycles. The minimum absolute atomic E-state index is 0.110. The van der Waals surface area contributed by atoms with Crippen LogP contribution in [0, 0.1) is 12.3 Å². The average molecular weight is 409 g/mol. The number of aromatic nitrogens is 2. The number of hydrogen-bond acceptors (Lipinski definition) is 4. The van der Waals surface area contributed by atoms with Gasteiger partial charge in [-0.15, -0.1) is 0 Å². The van der Waals surface area contributed by atoms with Gasteiger partial charge in [-0.05, 0) is 31.5 Å². The minimum Gasteiger partial charge on any atom is -0.363 e. The van der Waals surface area contributed by atoms with E-state index >= 15 is 0 Å². The predicted octanol–water partition coefficient (Wildman–Crippen LogP) is 4.56. The van der Waals surface area contributed by atoms with E-state index < -0.39 is 41.0 Å². The third-order valence-electron chi connectivity index (χ3n) is 3.67. The number of aromatic amines is 1. The molecule has 1 aromatic heterocycles. The van der Waals surface area contributed by atoms with Crippen molar-refractivity contribution in [3.8, 4) is 0 Å². The molecule has 11 heteroatoms. The summed E-state index contributed by atoms with van der Waals surface area (Å²) >= 11 is 5.92. The first-order valence-corrected chi connectivity index (χ1v) is 7.90. The van der Waals surface area contributed by atoms with Crippen LogP contribution in [0.4, 0.5) is 27.8 Å². The van der Waals surface area contributed by atoms with Crippen LogP contribution in [0.2, 0.25) is 5.02 Å². The smallest absolute Gasteiger partial charge is 0.363 e. The zero-order valence-electron chi connectivity index (χ0n) is 14.0. The van der Waals surface area contributed by atoms with Gasteiger partial charge in [0.1, 0.15) is 22.9 Å². The SMILES string of the molecule is Cc1nc(NC(C)c2ccc(C(F)(F)F)cc2Cl)c(C(=N)C(F)F)c(=O)[nH]1. The van der Waals surface area contributed by atoms with E-state index in [4.69, 9.17) is 17.0 Å². The van der Waals surface area contributed by atoms with Crippen LogP contribution < -0.4 is 10.9 Å². The molecule has 0 aliphatic rings. The zero-order chi connectivity index (χ0) is 20.5. The first kappa shape index (κ1) is 20.8. The van der Waals surface area contributed by atoms with Crippen molar-refractivity contribution in [2.45, 2.75) is 32.5 Å². The van der Waals surface area contributed by atoms with Gasteiger partial charge in [-0.25, -0.2) is 13.8 Å². The Hall–Kier alpha value is -2.49. The maximum Gasteiger partial charge on any atom is 0.416 e. The van der Waals surface area contributed by atoms with Crippen molar-refractivity contribution in [3.05, 3.63) is 56.1 Å². The molecule has 0 radical (unpaired) electrons. The summed E-state index contributed by atoms with van der Waals surface area (Å²) in [5.74, 6) is -0.177. The number of nitrogens with one attached hydrogen (secondary N) is 3. The highest BCUT2D eigenvalue weighted by molar-refractivity contribution is 6.31. The standard InChI is InChI=1S/C16H14ClF5N4O/c1-6(9-4-3-8(5-10(9)17)16(20,21)22)24-14-11(12(23)13(18)19)15(27)26-7(2)25-14/h3-6,13,23H,1-2H3,(H2,24,25,26,27). The number of rotatable bonds is 5. The molecule has 2 aromatic rings. The number of hydrogen-bond donors (Lipinski definition) is 3. The second kappa shape index (κ2) is 7.63. The Morgan fingerprint density at radius 2 is 1.96 bits per heavy atom. The van der Waals surface area contributed by atoms with Gasteiger partial charge in [-0.1, -0.05) is 17.7 Å². The molecule has 0 aliphatic heterocycles. The Bertz CT molecular complexity index is 926. The van der Waals surface area contributed by atoms with Crippen LogP contribution in [0.3, 0.4) is 0 Å². The van der Waals surface area contributed by atoms with Gasteiger partial charge in [0.05, 0.1) is 11.6 Å². The number of nitrogens with zero attached hydrogens (tertiary/aromatic N) is 1. The monoisotopic (exact) mass is 408 g/mol. The average Bonchev–Trinajstić information content (AvgIpc) is 2.52. The number of aryl methyl sites for hydroxylation is 1. The number of benzene rings is 1. The molecule has 3 N–H and O–H groups in total. The number of alkyl halides is 5. The molecule has 1 atom stereocenters. The van der Waals surface area contributed by atoms with E-state index in [1.165, 1.54) is 13.8 Å². The molecule has 0 aliphatic carbocycles. The van der Waals surface area contributed by atoms with Gasteiger partial charge in [0.2, 0.25) is 0 Å². The van der Waals surface area contributed by atoms with E-state index in [0.717, 1.165) is 18.2 Å². The Kier molecular flexibility index (Phi) is 5.88. The molecule has 0 fully saturated rings. The number of H-pyrrole nitrogens is 1. The molecule has 0 saturated heterocycles. The molecule has 2 rings (SSSR count). The third-order valence-corrected chi connectivity index (χ3v) is 4.00. The molecular formula is C16H14ClF5N4O. The molecule has 1 unspecified atom stereocenters. The van der Waals surface area contributed by atoms with Crippen LogP contribution in [0.15, 0.2) is 23.0 Å². The fraction of sp³-hybridized carbons (Fsp3) is 0.312. The van der Waals surface area contributed by atoms with Crippen LogP contribution >= 0.6 is 11.6 Å². The van der Waals surface area contributed by atoms with E-state index in [9.17, 15) is 26.7 Å². The van der Waals surface area contributed by atoms with E-state index in [1.807, 2.05) is 0 Å². The molecule has 1 aromatic carbocycles. The highest BCUT2D eigenvalue weighted by atomic mass is 35.5. The van der Waals surface area contributed by atoms with Gasteiger partial charge >= 0.3 is 6.18 Å². The van der Waals surface area contributed by atoms with Crippen molar-refractivity contribution >= 4 is 23.1 Å². The molecule has 0 amide bonds. The molecule has 5 nitrogen and oxygen atoms in total. The first-order valence-electron chi connectivity index (χ1n) is 7.53. The summed E-state index contributed by atoms with van der Waals surface area (Å²) in [6.45, 7) is 2.92. The van der Waals surface area contributed by atoms with Crippen molar-refractivity contribution < 1.29 is 22.0 Å². The van der Waals surface area contributed by atoms with Crippen LogP contribution in [0.25, 0.3) is 0 Å². The lowest BCUT2D eigenvalue weighted by atomic mass is 10.0. The fourth-order valence-electron chi connectivity index (χ4n) is 2.39. The number of halogens is 6. The first-order chi connectivity index (χ1) is 12.4. The van der Waals surface area contributed by atoms with Gasteiger partial charge in [0, 0.05) is 5.02 Å². The summed E-state index contributed by atoms with van der Waals surface area (Å²) in [5.41, 5.74) is -3.50. The van der Waals surface area contributed by atoms with Crippen molar-refractivity contribution in [3.63, 3.8) is 0 Å². The topological polar surface area (TPSA) is 81.6 Å². The second-order valence-corrected chi connectivity index (χ2v) is 6.10. The summed E-state index contributed by atoms with van der Waals surface area (Å²) in [6, 6.07) is 1.93. The van der Waals surface area contributed by atoms with E-state index in [2.05, 4.69) is 15.3 Å². The molecule has 0 saturated carbocycles. The largest absolute Gasteiger partial charge is 0.416 e. The highest BCUT2D eigenvalue weighted by Gasteiger charge is 2.31. The lowest BCUT2D eigenvalue weighted by Crippen LogP contribution is -2.27. The summed E-state index contributed by atoms with van der Waals surface area (Å²) in [6.07, 6.45) is -7.77. The minimum atomic E-state index is -4.57. The van der Waals surface area contributed by atoms with Gasteiger partial charge in [0.15, 0.2) is 0 Å². The van der Waals surface area contributed by atoms with Crippen LogP contribution in [-0.2, 0) is 6.18 Å². The Labute approximate surface area is 155 Å². The lowest BCUT2D eigenvalue weighted by Gasteiger charge is -2.19. The van der Waals surface area contributed by atoms with Crippen molar-refractivity contribution in [2.75, 3.05) is 5.32 Å². The van der Waals surface area contributed by atoms with Crippen LogP contribution in [0.5, 0.6) is 0 Å². The van der Waals surface area contributed by atoms with Crippen molar-refractivity contribution in [2.24, 2.45) is 0 Å².